The first kappa shape index (κ1) is 21.7. The van der Waals surface area contributed by atoms with Crippen molar-refractivity contribution in [3.05, 3.63) is 70.3 Å². The minimum Gasteiger partial charge on any atom is -0.348 e. The molecular weight excluding hydrogens is 406 g/mol. The van der Waals surface area contributed by atoms with Gasteiger partial charge in [0.05, 0.1) is 0 Å². The highest BCUT2D eigenvalue weighted by atomic mass is 16.2. The largest absolute Gasteiger partial charge is 0.348 e. The molecule has 0 bridgehead atoms. The Bertz CT molecular complexity index is 1080. The molecule has 7 nitrogen and oxygen atoms in total. The fourth-order valence-corrected chi connectivity index (χ4v) is 4.34. The number of nitrogens with one attached hydrogen (secondary N) is 2. The van der Waals surface area contributed by atoms with Crippen molar-refractivity contribution in [1.82, 2.24) is 15.5 Å². The zero-order valence-electron chi connectivity index (χ0n) is 18.1. The van der Waals surface area contributed by atoms with Crippen LogP contribution in [0.5, 0.6) is 0 Å². The van der Waals surface area contributed by atoms with Gasteiger partial charge in [-0.1, -0.05) is 43.7 Å². The van der Waals surface area contributed by atoms with Gasteiger partial charge >= 0.3 is 0 Å². The standard InChI is InChI=1S/C25H27N3O4/c1-2-3-6-17-7-4-5-8-19(17)23(30)26-14-16-9-10-20-18(13-16)15-28(25(20)32)21-11-12-22(29)27-24(21)31/h4-5,7-10,13,21H,2-3,6,11-12,14-15H2,1H3,(H,26,30)(H,27,29,31). The molecule has 2 aromatic carbocycles. The van der Waals surface area contributed by atoms with E-state index in [1.54, 1.807) is 6.07 Å². The minimum atomic E-state index is -0.629. The minimum absolute atomic E-state index is 0.113. The van der Waals surface area contributed by atoms with Crippen LogP contribution in [0.3, 0.4) is 0 Å². The Labute approximate surface area is 187 Å². The van der Waals surface area contributed by atoms with E-state index in [1.807, 2.05) is 36.4 Å². The highest BCUT2D eigenvalue weighted by molar-refractivity contribution is 6.05. The molecule has 0 aromatic heterocycles. The summed E-state index contributed by atoms with van der Waals surface area (Å²) in [5.41, 5.74) is 4.03. The third-order valence-electron chi connectivity index (χ3n) is 6.10. The third kappa shape index (κ3) is 4.42. The van der Waals surface area contributed by atoms with Crippen molar-refractivity contribution in [3.8, 4) is 0 Å². The summed E-state index contributed by atoms with van der Waals surface area (Å²) >= 11 is 0. The number of nitrogens with zero attached hydrogens (tertiary/aromatic N) is 1. The number of fused-ring (bicyclic) bond motifs is 1. The van der Waals surface area contributed by atoms with Gasteiger partial charge < -0.3 is 10.2 Å². The average Bonchev–Trinajstić information content (AvgIpc) is 3.11. The average molecular weight is 434 g/mol. The van der Waals surface area contributed by atoms with Gasteiger partial charge in [-0.2, -0.15) is 0 Å². The van der Waals surface area contributed by atoms with Crippen LogP contribution in [0.1, 0.15) is 70.0 Å². The molecule has 2 aromatic rings. The van der Waals surface area contributed by atoms with Gasteiger partial charge in [-0.05, 0) is 48.1 Å². The predicted octanol–water partition coefficient (Wildman–Crippen LogP) is 2.72. The lowest BCUT2D eigenvalue weighted by Gasteiger charge is -2.29. The van der Waals surface area contributed by atoms with E-state index in [1.165, 1.54) is 4.90 Å². The number of hydrogen-bond acceptors (Lipinski definition) is 4. The van der Waals surface area contributed by atoms with Crippen LogP contribution in [0.4, 0.5) is 0 Å². The summed E-state index contributed by atoms with van der Waals surface area (Å²) in [6.07, 6.45) is 3.54. The highest BCUT2D eigenvalue weighted by Crippen LogP contribution is 2.28. The lowest BCUT2D eigenvalue weighted by atomic mass is 10.0. The molecule has 2 aliphatic rings. The molecule has 32 heavy (non-hydrogen) atoms. The van der Waals surface area contributed by atoms with Crippen LogP contribution in [-0.4, -0.2) is 34.6 Å². The van der Waals surface area contributed by atoms with E-state index >= 15 is 0 Å². The lowest BCUT2D eigenvalue weighted by molar-refractivity contribution is -0.136. The van der Waals surface area contributed by atoms with Crippen LogP contribution in [0.25, 0.3) is 0 Å². The predicted molar refractivity (Wildman–Crippen MR) is 119 cm³/mol. The van der Waals surface area contributed by atoms with E-state index in [4.69, 9.17) is 0 Å². The van der Waals surface area contributed by atoms with Gasteiger partial charge in [-0.25, -0.2) is 0 Å². The molecule has 1 unspecified atom stereocenters. The van der Waals surface area contributed by atoms with E-state index < -0.39 is 11.9 Å². The van der Waals surface area contributed by atoms with Crippen LogP contribution < -0.4 is 10.6 Å². The molecule has 0 radical (unpaired) electrons. The van der Waals surface area contributed by atoms with Crippen LogP contribution in [0, 0.1) is 0 Å². The zero-order valence-corrected chi connectivity index (χ0v) is 18.1. The maximum atomic E-state index is 12.8. The molecule has 2 heterocycles. The van der Waals surface area contributed by atoms with Gasteiger partial charge in [0.25, 0.3) is 11.8 Å². The molecule has 2 aliphatic heterocycles. The van der Waals surface area contributed by atoms with Crippen molar-refractivity contribution >= 4 is 23.6 Å². The number of amides is 4. The molecule has 166 valence electrons. The Hall–Kier alpha value is -3.48. The number of benzene rings is 2. The highest BCUT2D eigenvalue weighted by Gasteiger charge is 2.39. The molecule has 4 amide bonds. The van der Waals surface area contributed by atoms with Gasteiger partial charge in [0.2, 0.25) is 11.8 Å². The molecule has 0 aliphatic carbocycles. The Morgan fingerprint density at radius 3 is 2.75 bits per heavy atom. The fourth-order valence-electron chi connectivity index (χ4n) is 4.34. The Kier molecular flexibility index (Phi) is 6.35. The van der Waals surface area contributed by atoms with Crippen molar-refractivity contribution in [2.45, 2.75) is 58.2 Å². The Morgan fingerprint density at radius 2 is 1.97 bits per heavy atom. The molecule has 2 N–H and O–H groups in total. The first-order chi connectivity index (χ1) is 15.5. The Balaban J connectivity index is 1.42. The summed E-state index contributed by atoms with van der Waals surface area (Å²) in [5, 5.41) is 5.29. The number of unbranched alkanes of at least 4 members (excludes halogenated alkanes) is 1. The van der Waals surface area contributed by atoms with Crippen molar-refractivity contribution < 1.29 is 19.2 Å². The lowest BCUT2D eigenvalue weighted by Crippen LogP contribution is -2.52. The number of carbonyl (C=O) groups is 4. The first-order valence-electron chi connectivity index (χ1n) is 11.1. The maximum absolute atomic E-state index is 12.8. The molecule has 7 heteroatoms. The molecule has 1 fully saturated rings. The van der Waals surface area contributed by atoms with Crippen LogP contribution in [0.2, 0.25) is 0 Å². The first-order valence-corrected chi connectivity index (χ1v) is 11.1. The van der Waals surface area contributed by atoms with Crippen molar-refractivity contribution in [2.24, 2.45) is 0 Å². The molecule has 0 spiro atoms. The molecular formula is C25H27N3O4. The smallest absolute Gasteiger partial charge is 0.255 e. The number of aryl methyl sites for hydroxylation is 1. The third-order valence-corrected chi connectivity index (χ3v) is 6.10. The summed E-state index contributed by atoms with van der Waals surface area (Å²) in [5.74, 6) is -1.03. The van der Waals surface area contributed by atoms with E-state index in [0.29, 0.717) is 30.6 Å². The second kappa shape index (κ2) is 9.34. The summed E-state index contributed by atoms with van der Waals surface area (Å²) in [6.45, 7) is 2.80. The van der Waals surface area contributed by atoms with Gasteiger partial charge in [0.1, 0.15) is 6.04 Å². The van der Waals surface area contributed by atoms with Crippen LogP contribution in [0.15, 0.2) is 42.5 Å². The fraction of sp³-hybridized carbons (Fsp3) is 0.360. The topological polar surface area (TPSA) is 95.6 Å². The van der Waals surface area contributed by atoms with Gasteiger partial charge in [0.15, 0.2) is 0 Å². The zero-order chi connectivity index (χ0) is 22.7. The number of rotatable bonds is 7. The van der Waals surface area contributed by atoms with Crippen LogP contribution in [-0.2, 0) is 29.1 Å². The van der Waals surface area contributed by atoms with E-state index in [2.05, 4.69) is 17.6 Å². The Morgan fingerprint density at radius 1 is 1.16 bits per heavy atom. The van der Waals surface area contributed by atoms with E-state index in [-0.39, 0.29) is 24.1 Å². The van der Waals surface area contributed by atoms with Gasteiger partial charge in [-0.15, -0.1) is 0 Å². The molecule has 1 atom stereocenters. The molecule has 4 rings (SSSR count). The summed E-state index contributed by atoms with van der Waals surface area (Å²) in [4.78, 5) is 50.7. The maximum Gasteiger partial charge on any atom is 0.255 e. The van der Waals surface area contributed by atoms with Crippen molar-refractivity contribution in [2.75, 3.05) is 0 Å². The molecule has 0 saturated carbocycles. The van der Waals surface area contributed by atoms with E-state index in [0.717, 1.165) is 36.0 Å². The van der Waals surface area contributed by atoms with Crippen molar-refractivity contribution in [1.29, 1.82) is 0 Å². The summed E-state index contributed by atoms with van der Waals surface area (Å²) < 4.78 is 0. The number of carbonyl (C=O) groups excluding carboxylic acids is 4. The second-order valence-corrected chi connectivity index (χ2v) is 8.33. The quantitative estimate of drug-likeness (QED) is 0.657. The number of hydrogen-bond donors (Lipinski definition) is 2. The summed E-state index contributed by atoms with van der Waals surface area (Å²) in [6, 6.07) is 12.5. The monoisotopic (exact) mass is 433 g/mol. The SMILES string of the molecule is CCCCc1ccccc1C(=O)NCc1ccc2c(c1)CN(C1CCC(=O)NC1=O)C2=O. The normalized spacial score (nSPS) is 17.8. The van der Waals surface area contributed by atoms with Crippen LogP contribution >= 0.6 is 0 Å². The van der Waals surface area contributed by atoms with Gasteiger partial charge in [0, 0.05) is 30.6 Å². The van der Waals surface area contributed by atoms with E-state index in [9.17, 15) is 19.2 Å². The number of piperidine rings is 1. The van der Waals surface area contributed by atoms with Crippen molar-refractivity contribution in [3.63, 3.8) is 0 Å². The summed E-state index contributed by atoms with van der Waals surface area (Å²) in [7, 11) is 0. The molecule has 1 saturated heterocycles. The van der Waals surface area contributed by atoms with Gasteiger partial charge in [-0.3, -0.25) is 24.5 Å². The second-order valence-electron chi connectivity index (χ2n) is 8.33. The number of imide groups is 1.